The van der Waals surface area contributed by atoms with Gasteiger partial charge in [-0.25, -0.2) is 4.79 Å². The van der Waals surface area contributed by atoms with Crippen molar-refractivity contribution in [3.8, 4) is 11.8 Å². The number of hydrogen-bond donors (Lipinski definition) is 2. The quantitative estimate of drug-likeness (QED) is 0.718. The first-order chi connectivity index (χ1) is 14.3. The van der Waals surface area contributed by atoms with Crippen LogP contribution in [0.4, 0.5) is 29.6 Å². The van der Waals surface area contributed by atoms with Crippen LogP contribution in [0.25, 0.3) is 0 Å². The van der Waals surface area contributed by atoms with E-state index in [1.165, 1.54) is 19.2 Å². The molecule has 2 aromatic rings. The monoisotopic (exact) mass is 428 g/mol. The smallest absolute Gasteiger partial charge is 0.467 e. The maximum Gasteiger partial charge on any atom is 0.573 e. The number of halogens is 3. The van der Waals surface area contributed by atoms with Crippen molar-refractivity contribution >= 4 is 17.7 Å². The molecule has 13 heteroatoms. The molecule has 0 unspecified atom stereocenters. The Bertz CT molecular complexity index is 860. The zero-order valence-electron chi connectivity index (χ0n) is 15.9. The van der Waals surface area contributed by atoms with Crippen molar-refractivity contribution in [1.29, 1.82) is 0 Å². The number of alkyl halides is 3. The molecule has 2 heterocycles. The van der Waals surface area contributed by atoms with Crippen molar-refractivity contribution in [2.45, 2.75) is 12.9 Å². The van der Waals surface area contributed by atoms with Crippen LogP contribution in [0.3, 0.4) is 0 Å². The van der Waals surface area contributed by atoms with Crippen LogP contribution in [0, 0.1) is 0 Å². The van der Waals surface area contributed by atoms with Gasteiger partial charge in [0.1, 0.15) is 5.75 Å². The van der Waals surface area contributed by atoms with Gasteiger partial charge in [0.15, 0.2) is 5.82 Å². The SMILES string of the molecule is COc1nc(CNC(=O)Nc2ccc(OC(F)(F)F)cc2)nc(N2CCOCC2)n1. The maximum absolute atomic E-state index is 12.2. The molecule has 1 fully saturated rings. The van der Waals surface area contributed by atoms with Crippen LogP contribution in [0.1, 0.15) is 5.82 Å². The molecule has 1 saturated heterocycles. The Hall–Kier alpha value is -3.35. The lowest BCUT2D eigenvalue weighted by Gasteiger charge is -2.26. The topological polar surface area (TPSA) is 111 Å². The average Bonchev–Trinajstić information content (AvgIpc) is 2.73. The Morgan fingerprint density at radius 2 is 1.87 bits per heavy atom. The summed E-state index contributed by atoms with van der Waals surface area (Å²) < 4.78 is 50.7. The number of nitrogens with zero attached hydrogens (tertiary/aromatic N) is 4. The zero-order valence-corrected chi connectivity index (χ0v) is 15.9. The molecule has 1 aromatic heterocycles. The Labute approximate surface area is 169 Å². The normalized spacial score (nSPS) is 14.2. The number of urea groups is 1. The lowest BCUT2D eigenvalue weighted by molar-refractivity contribution is -0.274. The summed E-state index contributed by atoms with van der Waals surface area (Å²) in [6, 6.07) is 4.27. The molecular weight excluding hydrogens is 409 g/mol. The second-order valence-electron chi connectivity index (χ2n) is 6.02. The highest BCUT2D eigenvalue weighted by molar-refractivity contribution is 5.89. The predicted octanol–water partition coefficient (Wildman–Crippen LogP) is 1.94. The van der Waals surface area contributed by atoms with E-state index in [0.29, 0.717) is 32.3 Å². The van der Waals surface area contributed by atoms with E-state index in [9.17, 15) is 18.0 Å². The predicted molar refractivity (Wildman–Crippen MR) is 98.4 cm³/mol. The molecule has 0 atom stereocenters. The minimum Gasteiger partial charge on any atom is -0.467 e. The second kappa shape index (κ2) is 9.43. The van der Waals surface area contributed by atoms with Crippen molar-refractivity contribution < 1.29 is 32.2 Å². The number of amides is 2. The number of morpholine rings is 1. The van der Waals surface area contributed by atoms with Gasteiger partial charge in [-0.05, 0) is 24.3 Å². The fraction of sp³-hybridized carbons (Fsp3) is 0.412. The molecule has 1 aliphatic rings. The first kappa shape index (κ1) is 21.4. The molecule has 0 spiro atoms. The van der Waals surface area contributed by atoms with Gasteiger partial charge < -0.3 is 29.7 Å². The van der Waals surface area contributed by atoms with E-state index in [0.717, 1.165) is 12.1 Å². The highest BCUT2D eigenvalue weighted by Crippen LogP contribution is 2.24. The number of benzene rings is 1. The van der Waals surface area contributed by atoms with Gasteiger partial charge in [0.05, 0.1) is 26.9 Å². The summed E-state index contributed by atoms with van der Waals surface area (Å²) in [6.45, 7) is 2.33. The molecule has 0 bridgehead atoms. The van der Waals surface area contributed by atoms with Crippen molar-refractivity contribution in [2.75, 3.05) is 43.6 Å². The van der Waals surface area contributed by atoms with Gasteiger partial charge in [-0.15, -0.1) is 13.2 Å². The fourth-order valence-corrected chi connectivity index (χ4v) is 2.54. The minimum absolute atomic E-state index is 0.0165. The van der Waals surface area contributed by atoms with E-state index >= 15 is 0 Å². The van der Waals surface area contributed by atoms with Crippen molar-refractivity contribution in [1.82, 2.24) is 20.3 Å². The Morgan fingerprint density at radius 1 is 1.17 bits per heavy atom. The molecule has 2 N–H and O–H groups in total. The Morgan fingerprint density at radius 3 is 2.50 bits per heavy atom. The number of aromatic nitrogens is 3. The van der Waals surface area contributed by atoms with Gasteiger partial charge >= 0.3 is 18.4 Å². The molecule has 10 nitrogen and oxygen atoms in total. The van der Waals surface area contributed by atoms with E-state index in [-0.39, 0.29) is 29.8 Å². The van der Waals surface area contributed by atoms with E-state index in [1.54, 1.807) is 0 Å². The van der Waals surface area contributed by atoms with Gasteiger partial charge in [0.25, 0.3) is 0 Å². The first-order valence-electron chi connectivity index (χ1n) is 8.85. The standard InChI is InChI=1S/C17H19F3N6O4/c1-28-16-24-13(23-14(25-16)26-6-8-29-9-7-26)10-21-15(27)22-11-2-4-12(5-3-11)30-17(18,19)20/h2-5H,6-10H2,1H3,(H2,21,22,27). The van der Waals surface area contributed by atoms with E-state index in [2.05, 4.69) is 30.3 Å². The summed E-state index contributed by atoms with van der Waals surface area (Å²) >= 11 is 0. The third-order valence-electron chi connectivity index (χ3n) is 3.88. The van der Waals surface area contributed by atoms with Gasteiger partial charge in [0.2, 0.25) is 5.95 Å². The summed E-state index contributed by atoms with van der Waals surface area (Å²) in [4.78, 5) is 26.6. The maximum atomic E-state index is 12.2. The number of hydrogen-bond acceptors (Lipinski definition) is 8. The van der Waals surface area contributed by atoms with Gasteiger partial charge in [-0.3, -0.25) is 0 Å². The summed E-state index contributed by atoms with van der Waals surface area (Å²) in [6.07, 6.45) is -4.78. The highest BCUT2D eigenvalue weighted by Gasteiger charge is 2.31. The summed E-state index contributed by atoms with van der Waals surface area (Å²) in [5.41, 5.74) is 0.282. The number of ether oxygens (including phenoxy) is 3. The number of carbonyl (C=O) groups excluding carboxylic acids is 1. The summed E-state index contributed by atoms with van der Waals surface area (Å²) in [5, 5.41) is 5.06. The summed E-state index contributed by atoms with van der Waals surface area (Å²) in [7, 11) is 1.43. The number of anilines is 2. The van der Waals surface area contributed by atoms with Crippen LogP contribution in [-0.4, -0.2) is 60.8 Å². The molecule has 2 amide bonds. The van der Waals surface area contributed by atoms with E-state index in [1.807, 2.05) is 4.90 Å². The molecule has 1 aromatic carbocycles. The number of carbonyl (C=O) groups is 1. The van der Waals surface area contributed by atoms with Crippen LogP contribution >= 0.6 is 0 Å². The number of rotatable bonds is 6. The molecule has 3 rings (SSSR count). The largest absolute Gasteiger partial charge is 0.573 e. The summed E-state index contributed by atoms with van der Waals surface area (Å²) in [5.74, 6) is 0.316. The third kappa shape index (κ3) is 6.34. The Kier molecular flexibility index (Phi) is 6.72. The van der Waals surface area contributed by atoms with Gasteiger partial charge in [-0.2, -0.15) is 15.0 Å². The first-order valence-corrected chi connectivity index (χ1v) is 8.85. The molecule has 162 valence electrons. The van der Waals surface area contributed by atoms with Crippen molar-refractivity contribution in [3.05, 3.63) is 30.1 Å². The van der Waals surface area contributed by atoms with Gasteiger partial charge in [-0.1, -0.05) is 0 Å². The number of nitrogens with one attached hydrogen (secondary N) is 2. The fourth-order valence-electron chi connectivity index (χ4n) is 2.54. The molecule has 0 aliphatic carbocycles. The number of methoxy groups -OCH3 is 1. The lowest BCUT2D eigenvalue weighted by Crippen LogP contribution is -2.38. The highest BCUT2D eigenvalue weighted by atomic mass is 19.4. The molecule has 0 radical (unpaired) electrons. The third-order valence-corrected chi connectivity index (χ3v) is 3.88. The molecule has 1 aliphatic heterocycles. The second-order valence-corrected chi connectivity index (χ2v) is 6.02. The average molecular weight is 428 g/mol. The molecular formula is C17H19F3N6O4. The van der Waals surface area contributed by atoms with E-state index in [4.69, 9.17) is 9.47 Å². The van der Waals surface area contributed by atoms with Crippen molar-refractivity contribution in [2.24, 2.45) is 0 Å². The van der Waals surface area contributed by atoms with Crippen LogP contribution in [0.15, 0.2) is 24.3 Å². The van der Waals surface area contributed by atoms with Crippen LogP contribution in [0.5, 0.6) is 11.8 Å². The zero-order chi connectivity index (χ0) is 21.6. The molecule has 0 saturated carbocycles. The van der Waals surface area contributed by atoms with E-state index < -0.39 is 12.4 Å². The minimum atomic E-state index is -4.78. The molecule has 30 heavy (non-hydrogen) atoms. The van der Waals surface area contributed by atoms with Crippen LogP contribution in [-0.2, 0) is 11.3 Å². The van der Waals surface area contributed by atoms with Crippen molar-refractivity contribution in [3.63, 3.8) is 0 Å². The van der Waals surface area contributed by atoms with Gasteiger partial charge in [0, 0.05) is 18.8 Å². The van der Waals surface area contributed by atoms with Crippen LogP contribution in [0.2, 0.25) is 0 Å². The Balaban J connectivity index is 1.57. The lowest BCUT2D eigenvalue weighted by atomic mass is 10.3. The van der Waals surface area contributed by atoms with Crippen LogP contribution < -0.4 is 25.0 Å².